The predicted octanol–water partition coefficient (Wildman–Crippen LogP) is 4.43. The Labute approximate surface area is 171 Å². The predicted molar refractivity (Wildman–Crippen MR) is 116 cm³/mol. The van der Waals surface area contributed by atoms with Gasteiger partial charge in [-0.2, -0.15) is 0 Å². The molecule has 0 aliphatic carbocycles. The first-order valence-corrected chi connectivity index (χ1v) is 8.96. The maximum absolute atomic E-state index is 13.3. The first kappa shape index (κ1) is 21.4. The Kier molecular flexibility index (Phi) is 7.04. The van der Waals surface area contributed by atoms with Crippen LogP contribution in [0, 0.1) is 5.92 Å². The summed E-state index contributed by atoms with van der Waals surface area (Å²) in [4.78, 5) is 19.8. The zero-order valence-corrected chi connectivity index (χ0v) is 16.9. The highest BCUT2D eigenvalue weighted by Gasteiger charge is 2.27. The van der Waals surface area contributed by atoms with Crippen LogP contribution < -0.4 is 5.73 Å². The third-order valence-electron chi connectivity index (χ3n) is 5.33. The zero-order valence-electron chi connectivity index (χ0n) is 15.3. The number of benzene rings is 2. The molecule has 0 radical (unpaired) electrons. The molecule has 2 atom stereocenters. The number of pyridine rings is 1. The van der Waals surface area contributed by atoms with Crippen LogP contribution in [0.15, 0.2) is 48.7 Å². The molecular formula is C21H25Cl2N3O. The minimum atomic E-state index is 0. The highest BCUT2D eigenvalue weighted by atomic mass is 35.5. The summed E-state index contributed by atoms with van der Waals surface area (Å²) in [6, 6.07) is 14.2. The van der Waals surface area contributed by atoms with Crippen molar-refractivity contribution in [1.82, 2.24) is 9.88 Å². The van der Waals surface area contributed by atoms with Gasteiger partial charge in [-0.3, -0.25) is 9.78 Å². The number of nitrogens with two attached hydrogens (primary N) is 1. The molecule has 2 heterocycles. The molecule has 4 nitrogen and oxygen atoms in total. The molecular weight excluding hydrogens is 381 g/mol. The van der Waals surface area contributed by atoms with Crippen molar-refractivity contribution in [3.8, 4) is 0 Å². The Morgan fingerprint density at radius 3 is 2.70 bits per heavy atom. The van der Waals surface area contributed by atoms with E-state index in [1.165, 1.54) is 0 Å². The average Bonchev–Trinajstić information content (AvgIpc) is 2.67. The van der Waals surface area contributed by atoms with Gasteiger partial charge in [-0.1, -0.05) is 30.3 Å². The smallest absolute Gasteiger partial charge is 0.256 e. The number of hydrogen-bond donors (Lipinski definition) is 1. The first-order chi connectivity index (χ1) is 12.1. The van der Waals surface area contributed by atoms with Gasteiger partial charge in [0.2, 0.25) is 0 Å². The lowest BCUT2D eigenvalue weighted by molar-refractivity contribution is 0.0663. The number of carbonyl (C=O) groups is 1. The van der Waals surface area contributed by atoms with E-state index in [4.69, 9.17) is 5.73 Å². The van der Waals surface area contributed by atoms with Gasteiger partial charge in [0.1, 0.15) is 0 Å². The molecule has 2 N–H and O–H groups in total. The van der Waals surface area contributed by atoms with Crippen molar-refractivity contribution in [1.29, 1.82) is 0 Å². The topological polar surface area (TPSA) is 59.2 Å². The van der Waals surface area contributed by atoms with Crippen LogP contribution in [0.25, 0.3) is 21.7 Å². The molecule has 0 spiro atoms. The van der Waals surface area contributed by atoms with E-state index in [0.29, 0.717) is 11.5 Å². The quantitative estimate of drug-likeness (QED) is 0.641. The Bertz CT molecular complexity index is 945. The largest absolute Gasteiger partial charge is 0.338 e. The maximum Gasteiger partial charge on any atom is 0.256 e. The molecule has 4 rings (SSSR count). The van der Waals surface area contributed by atoms with E-state index in [1.807, 2.05) is 42.2 Å². The van der Waals surface area contributed by atoms with E-state index in [-0.39, 0.29) is 36.8 Å². The fourth-order valence-electron chi connectivity index (χ4n) is 3.89. The number of carbonyl (C=O) groups excluding carboxylic acids is 1. The molecule has 1 aliphatic heterocycles. The molecule has 27 heavy (non-hydrogen) atoms. The summed E-state index contributed by atoms with van der Waals surface area (Å²) in [7, 11) is 0. The number of piperidine rings is 1. The number of aromatic nitrogens is 1. The SMILES string of the molecule is CC(N)C1CCCN(C(=O)c2cc3ccccc3c3cccnc23)C1.Cl.Cl. The van der Waals surface area contributed by atoms with E-state index in [1.54, 1.807) is 6.20 Å². The molecule has 1 saturated heterocycles. The second kappa shape index (κ2) is 8.87. The molecule has 6 heteroatoms. The normalized spacial score (nSPS) is 17.9. The van der Waals surface area contributed by atoms with Crippen molar-refractivity contribution < 1.29 is 4.79 Å². The molecule has 144 valence electrons. The standard InChI is InChI=1S/C21H23N3O.2ClH/c1-14(22)16-7-5-11-24(13-16)21(25)19-12-15-6-2-3-8-17(15)18-9-4-10-23-20(18)19;;/h2-4,6,8-10,12,14,16H,5,7,11,13,22H2,1H3;2*1H. The summed E-state index contributed by atoms with van der Waals surface area (Å²) in [5.41, 5.74) is 7.56. The van der Waals surface area contributed by atoms with Gasteiger partial charge in [0.05, 0.1) is 11.1 Å². The van der Waals surface area contributed by atoms with Crippen molar-refractivity contribution in [3.63, 3.8) is 0 Å². The fraction of sp³-hybridized carbons (Fsp3) is 0.333. The zero-order chi connectivity index (χ0) is 17.4. The van der Waals surface area contributed by atoms with E-state index in [9.17, 15) is 4.79 Å². The van der Waals surface area contributed by atoms with Gasteiger partial charge in [-0.15, -0.1) is 24.8 Å². The van der Waals surface area contributed by atoms with Crippen LogP contribution in [-0.2, 0) is 0 Å². The van der Waals surface area contributed by atoms with E-state index >= 15 is 0 Å². The van der Waals surface area contributed by atoms with Crippen molar-refractivity contribution in [2.24, 2.45) is 11.7 Å². The molecule has 3 aromatic rings. The van der Waals surface area contributed by atoms with Gasteiger partial charge in [-0.25, -0.2) is 0 Å². The molecule has 0 saturated carbocycles. The minimum absolute atomic E-state index is 0. The number of likely N-dealkylation sites (tertiary alicyclic amines) is 1. The third-order valence-corrected chi connectivity index (χ3v) is 5.33. The Balaban J connectivity index is 0.00000131. The van der Waals surface area contributed by atoms with Gasteiger partial charge in [0, 0.05) is 30.7 Å². The second-order valence-corrected chi connectivity index (χ2v) is 7.06. The summed E-state index contributed by atoms with van der Waals surface area (Å²) in [5.74, 6) is 0.442. The maximum atomic E-state index is 13.3. The second-order valence-electron chi connectivity index (χ2n) is 7.06. The summed E-state index contributed by atoms with van der Waals surface area (Å²) >= 11 is 0. The van der Waals surface area contributed by atoms with E-state index in [0.717, 1.165) is 47.6 Å². The van der Waals surface area contributed by atoms with Crippen LogP contribution >= 0.6 is 24.8 Å². The van der Waals surface area contributed by atoms with Crippen LogP contribution in [0.1, 0.15) is 30.1 Å². The van der Waals surface area contributed by atoms with Crippen molar-refractivity contribution in [2.45, 2.75) is 25.8 Å². The van der Waals surface area contributed by atoms with Gasteiger partial charge in [0.15, 0.2) is 0 Å². The number of amides is 1. The fourth-order valence-corrected chi connectivity index (χ4v) is 3.89. The lowest BCUT2D eigenvalue weighted by Crippen LogP contribution is -2.45. The molecule has 1 aromatic heterocycles. The molecule has 1 amide bonds. The molecule has 1 fully saturated rings. The highest BCUT2D eigenvalue weighted by Crippen LogP contribution is 2.29. The number of nitrogens with zero attached hydrogens (tertiary/aromatic N) is 2. The molecule has 1 aliphatic rings. The van der Waals surface area contributed by atoms with Crippen LogP contribution in [0.4, 0.5) is 0 Å². The Hall–Kier alpha value is -1.88. The van der Waals surface area contributed by atoms with Gasteiger partial charge >= 0.3 is 0 Å². The van der Waals surface area contributed by atoms with Gasteiger partial charge in [0.25, 0.3) is 5.91 Å². The molecule has 2 aromatic carbocycles. The lowest BCUT2D eigenvalue weighted by Gasteiger charge is -2.34. The Morgan fingerprint density at radius 2 is 1.93 bits per heavy atom. The highest BCUT2D eigenvalue weighted by molar-refractivity contribution is 6.15. The van der Waals surface area contributed by atoms with Gasteiger partial charge < -0.3 is 10.6 Å². The van der Waals surface area contributed by atoms with E-state index in [2.05, 4.69) is 17.1 Å². The van der Waals surface area contributed by atoms with Crippen molar-refractivity contribution >= 4 is 52.4 Å². The summed E-state index contributed by atoms with van der Waals surface area (Å²) in [5, 5.41) is 3.24. The minimum Gasteiger partial charge on any atom is -0.338 e. The lowest BCUT2D eigenvalue weighted by atomic mass is 9.91. The van der Waals surface area contributed by atoms with E-state index < -0.39 is 0 Å². The van der Waals surface area contributed by atoms with Crippen LogP contribution in [0.5, 0.6) is 0 Å². The van der Waals surface area contributed by atoms with Crippen LogP contribution in [-0.4, -0.2) is 34.9 Å². The van der Waals surface area contributed by atoms with Crippen LogP contribution in [0.2, 0.25) is 0 Å². The molecule has 0 bridgehead atoms. The van der Waals surface area contributed by atoms with Crippen molar-refractivity contribution in [2.75, 3.05) is 13.1 Å². The summed E-state index contributed by atoms with van der Waals surface area (Å²) in [6.07, 6.45) is 3.86. The monoisotopic (exact) mass is 405 g/mol. The first-order valence-electron chi connectivity index (χ1n) is 8.96. The number of rotatable bonds is 2. The van der Waals surface area contributed by atoms with Gasteiger partial charge in [-0.05, 0) is 48.6 Å². The number of halogens is 2. The Morgan fingerprint density at radius 1 is 1.19 bits per heavy atom. The molecule has 2 unspecified atom stereocenters. The average molecular weight is 406 g/mol. The number of fused-ring (bicyclic) bond motifs is 3. The third kappa shape index (κ3) is 4.03. The summed E-state index contributed by atoms with van der Waals surface area (Å²) in [6.45, 7) is 3.56. The van der Waals surface area contributed by atoms with Crippen LogP contribution in [0.3, 0.4) is 0 Å². The summed E-state index contributed by atoms with van der Waals surface area (Å²) < 4.78 is 0. The van der Waals surface area contributed by atoms with Crippen molar-refractivity contribution in [3.05, 3.63) is 54.2 Å². The number of hydrogen-bond acceptors (Lipinski definition) is 3.